The summed E-state index contributed by atoms with van der Waals surface area (Å²) < 4.78 is 11.7. The van der Waals surface area contributed by atoms with E-state index in [0.29, 0.717) is 12.5 Å². The maximum Gasteiger partial charge on any atom is 0.123 e. The van der Waals surface area contributed by atoms with E-state index < -0.39 is 0 Å². The topological polar surface area (TPSA) is 44.2 Å². The van der Waals surface area contributed by atoms with E-state index >= 15 is 0 Å². The maximum atomic E-state index is 6.18. The molecule has 2 aliphatic rings. The van der Waals surface area contributed by atoms with Gasteiger partial charge in [0.1, 0.15) is 5.75 Å². The van der Waals surface area contributed by atoms with Crippen LogP contribution < -0.4 is 4.74 Å². The first-order valence-corrected chi connectivity index (χ1v) is 10.0. The lowest BCUT2D eigenvalue weighted by Crippen LogP contribution is -2.19. The quantitative estimate of drug-likeness (QED) is 0.488. The molecule has 6 rings (SSSR count). The number of fused-ring (bicyclic) bond motifs is 3. The Morgan fingerprint density at radius 3 is 2.66 bits per heavy atom. The highest BCUT2D eigenvalue weighted by Crippen LogP contribution is 2.36. The fourth-order valence-electron chi connectivity index (χ4n) is 4.29. The van der Waals surface area contributed by atoms with Crippen LogP contribution in [0.2, 0.25) is 0 Å². The highest BCUT2D eigenvalue weighted by Gasteiger charge is 2.23. The van der Waals surface area contributed by atoms with E-state index in [2.05, 4.69) is 41.4 Å². The molecule has 4 heteroatoms. The Morgan fingerprint density at radius 2 is 1.69 bits per heavy atom. The molecule has 2 aliphatic heterocycles. The first kappa shape index (κ1) is 16.7. The van der Waals surface area contributed by atoms with Crippen LogP contribution in [0.3, 0.4) is 0 Å². The minimum absolute atomic E-state index is 0.375. The van der Waals surface area contributed by atoms with Crippen molar-refractivity contribution in [2.45, 2.75) is 25.6 Å². The molecular weight excluding hydrogens is 360 g/mol. The predicted octanol–water partition coefficient (Wildman–Crippen LogP) is 5.05. The average molecular weight is 380 g/mol. The lowest BCUT2D eigenvalue weighted by Gasteiger charge is -2.26. The van der Waals surface area contributed by atoms with E-state index in [-0.39, 0.29) is 0 Å². The van der Waals surface area contributed by atoms with Crippen LogP contribution >= 0.6 is 0 Å². The van der Waals surface area contributed by atoms with Crippen molar-refractivity contribution >= 4 is 11.0 Å². The first-order chi connectivity index (χ1) is 14.3. The van der Waals surface area contributed by atoms with Crippen LogP contribution in [-0.4, -0.2) is 16.6 Å². The highest BCUT2D eigenvalue weighted by atomic mass is 16.5. The number of aromatic nitrogens is 2. The zero-order chi connectivity index (χ0) is 19.2. The van der Waals surface area contributed by atoms with Gasteiger partial charge in [-0.25, -0.2) is 4.98 Å². The summed E-state index contributed by atoms with van der Waals surface area (Å²) >= 11 is 0. The third kappa shape index (κ3) is 2.97. The summed E-state index contributed by atoms with van der Waals surface area (Å²) in [4.78, 5) is 9.30. The molecule has 0 aliphatic carbocycles. The summed E-state index contributed by atoms with van der Waals surface area (Å²) in [7, 11) is 0. The second-order valence-corrected chi connectivity index (χ2v) is 7.80. The second-order valence-electron chi connectivity index (χ2n) is 7.80. The minimum atomic E-state index is 0.375. The van der Waals surface area contributed by atoms with Gasteiger partial charge in [0.2, 0.25) is 0 Å². The molecule has 0 fully saturated rings. The van der Waals surface area contributed by atoms with Gasteiger partial charge >= 0.3 is 0 Å². The number of rotatable bonds is 2. The van der Waals surface area contributed by atoms with Gasteiger partial charge in [-0.05, 0) is 46.9 Å². The summed E-state index contributed by atoms with van der Waals surface area (Å²) in [5.74, 6) is 1.33. The number of nitrogens with zero attached hydrogens (tertiary/aromatic N) is 2. The SMILES string of the molecule is c1ccc2nc(-c3ccc4c(c3)OCC(c3ccc5c(c3)COC5)C4)cnc2c1. The molecule has 0 saturated heterocycles. The zero-order valence-corrected chi connectivity index (χ0v) is 16.0. The Hall–Kier alpha value is -3.24. The summed E-state index contributed by atoms with van der Waals surface area (Å²) in [6.07, 6.45) is 2.82. The smallest absolute Gasteiger partial charge is 0.123 e. The molecule has 3 heterocycles. The minimum Gasteiger partial charge on any atom is -0.493 e. The van der Waals surface area contributed by atoms with Crippen molar-refractivity contribution < 1.29 is 9.47 Å². The predicted molar refractivity (Wildman–Crippen MR) is 112 cm³/mol. The Morgan fingerprint density at radius 1 is 0.828 bits per heavy atom. The number of para-hydroxylation sites is 2. The van der Waals surface area contributed by atoms with E-state index in [9.17, 15) is 0 Å². The number of ether oxygens (including phenoxy) is 2. The third-order valence-corrected chi connectivity index (χ3v) is 5.93. The van der Waals surface area contributed by atoms with Crippen molar-refractivity contribution in [3.8, 4) is 17.0 Å². The summed E-state index contributed by atoms with van der Waals surface area (Å²) in [5, 5.41) is 0. The fraction of sp³-hybridized carbons (Fsp3) is 0.200. The van der Waals surface area contributed by atoms with Gasteiger partial charge in [0.05, 0.1) is 42.7 Å². The molecule has 4 nitrogen and oxygen atoms in total. The van der Waals surface area contributed by atoms with Crippen molar-refractivity contribution in [1.29, 1.82) is 0 Å². The van der Waals surface area contributed by atoms with Crippen LogP contribution in [0.4, 0.5) is 0 Å². The molecule has 29 heavy (non-hydrogen) atoms. The van der Waals surface area contributed by atoms with E-state index in [4.69, 9.17) is 14.5 Å². The van der Waals surface area contributed by atoms with Crippen LogP contribution in [0.25, 0.3) is 22.3 Å². The molecule has 142 valence electrons. The molecule has 0 amide bonds. The maximum absolute atomic E-state index is 6.18. The monoisotopic (exact) mass is 380 g/mol. The van der Waals surface area contributed by atoms with E-state index in [0.717, 1.165) is 47.7 Å². The molecule has 3 aromatic carbocycles. The average Bonchev–Trinajstić information content (AvgIpc) is 3.26. The van der Waals surface area contributed by atoms with Gasteiger partial charge < -0.3 is 9.47 Å². The standard InChI is InChI=1S/C25H20N2O2/c1-2-4-23-22(3-1)26-12-24(27-23)17-6-7-18-10-21(15-29-25(18)11-17)16-5-8-19-13-28-14-20(19)9-16/h1-9,11-12,21H,10,13-15H2. The van der Waals surface area contributed by atoms with E-state index in [1.54, 1.807) is 0 Å². The van der Waals surface area contributed by atoms with Crippen molar-refractivity contribution in [1.82, 2.24) is 9.97 Å². The summed E-state index contributed by atoms with van der Waals surface area (Å²) in [6.45, 7) is 2.16. The largest absolute Gasteiger partial charge is 0.493 e. The highest BCUT2D eigenvalue weighted by molar-refractivity contribution is 5.77. The lowest BCUT2D eigenvalue weighted by atomic mass is 9.88. The summed E-state index contributed by atoms with van der Waals surface area (Å²) in [6, 6.07) is 21.1. The van der Waals surface area contributed by atoms with Gasteiger partial charge in [0, 0.05) is 11.5 Å². The fourth-order valence-corrected chi connectivity index (χ4v) is 4.29. The van der Waals surface area contributed by atoms with Crippen molar-refractivity contribution in [2.24, 2.45) is 0 Å². The molecule has 0 spiro atoms. The van der Waals surface area contributed by atoms with Crippen molar-refractivity contribution in [3.05, 3.63) is 89.1 Å². The van der Waals surface area contributed by atoms with Crippen LogP contribution in [0.5, 0.6) is 5.75 Å². The van der Waals surface area contributed by atoms with Gasteiger partial charge in [-0.2, -0.15) is 0 Å². The Kier molecular flexibility index (Phi) is 3.84. The van der Waals surface area contributed by atoms with Gasteiger partial charge in [-0.3, -0.25) is 4.98 Å². The van der Waals surface area contributed by atoms with Crippen molar-refractivity contribution in [3.63, 3.8) is 0 Å². The number of hydrogen-bond donors (Lipinski definition) is 0. The molecule has 0 bridgehead atoms. The lowest BCUT2D eigenvalue weighted by molar-refractivity contribution is 0.134. The van der Waals surface area contributed by atoms with Gasteiger partial charge in [-0.1, -0.05) is 42.5 Å². The molecule has 1 atom stereocenters. The van der Waals surface area contributed by atoms with Gasteiger partial charge in [-0.15, -0.1) is 0 Å². The van der Waals surface area contributed by atoms with E-state index in [1.807, 2.05) is 30.5 Å². The van der Waals surface area contributed by atoms with E-state index in [1.165, 1.54) is 22.3 Å². The summed E-state index contributed by atoms with van der Waals surface area (Å²) in [5.41, 5.74) is 8.94. The van der Waals surface area contributed by atoms with Crippen LogP contribution in [0.15, 0.2) is 66.9 Å². The van der Waals surface area contributed by atoms with Crippen LogP contribution in [-0.2, 0) is 24.4 Å². The molecule has 0 N–H and O–H groups in total. The molecular formula is C25H20N2O2. The second kappa shape index (κ2) is 6.68. The molecule has 1 unspecified atom stereocenters. The number of hydrogen-bond acceptors (Lipinski definition) is 4. The zero-order valence-electron chi connectivity index (χ0n) is 16.0. The molecule has 4 aromatic rings. The van der Waals surface area contributed by atoms with Gasteiger partial charge in [0.25, 0.3) is 0 Å². The van der Waals surface area contributed by atoms with Crippen LogP contribution in [0.1, 0.15) is 28.2 Å². The third-order valence-electron chi connectivity index (χ3n) is 5.93. The molecule has 0 saturated carbocycles. The number of benzene rings is 3. The normalized spacial score (nSPS) is 17.6. The Balaban J connectivity index is 1.29. The van der Waals surface area contributed by atoms with Crippen LogP contribution in [0, 0.1) is 0 Å². The molecule has 1 aromatic heterocycles. The van der Waals surface area contributed by atoms with Crippen molar-refractivity contribution in [2.75, 3.05) is 6.61 Å². The first-order valence-electron chi connectivity index (χ1n) is 10.0. The van der Waals surface area contributed by atoms with Gasteiger partial charge in [0.15, 0.2) is 0 Å². The molecule has 0 radical (unpaired) electrons. The Bertz CT molecular complexity index is 1230. The Labute approximate surface area is 169 Å².